The fourth-order valence-electron chi connectivity index (χ4n) is 2.66. The Bertz CT molecular complexity index is 643. The fraction of sp³-hybridized carbons (Fsp3) is 0.471. The van der Waals surface area contributed by atoms with Gasteiger partial charge in [-0.25, -0.2) is 14.4 Å². The lowest BCUT2D eigenvalue weighted by molar-refractivity contribution is 0.0647. The van der Waals surface area contributed by atoms with Gasteiger partial charge in [0, 0.05) is 0 Å². The molecular formula is C17H22O6. The molecule has 0 aliphatic rings. The van der Waals surface area contributed by atoms with E-state index in [1.54, 1.807) is 0 Å². The van der Waals surface area contributed by atoms with Gasteiger partial charge in [0.2, 0.25) is 0 Å². The Labute approximate surface area is 134 Å². The highest BCUT2D eigenvalue weighted by Crippen LogP contribution is 2.29. The smallest absolute Gasteiger partial charge is 0.336 e. The van der Waals surface area contributed by atoms with Crippen molar-refractivity contribution in [3.8, 4) is 0 Å². The van der Waals surface area contributed by atoms with Crippen molar-refractivity contribution in [1.29, 1.82) is 0 Å². The van der Waals surface area contributed by atoms with Crippen molar-refractivity contribution in [3.63, 3.8) is 0 Å². The number of benzene rings is 1. The normalized spacial score (nSPS) is 11.0. The number of carboxylic acids is 3. The first kappa shape index (κ1) is 18.7. The molecule has 1 aromatic rings. The van der Waals surface area contributed by atoms with Crippen LogP contribution in [0.25, 0.3) is 0 Å². The number of hydrogen-bond donors (Lipinski definition) is 3. The van der Waals surface area contributed by atoms with Crippen LogP contribution in [0.3, 0.4) is 0 Å². The van der Waals surface area contributed by atoms with Gasteiger partial charge in [-0.15, -0.1) is 0 Å². The molecule has 6 nitrogen and oxygen atoms in total. The minimum atomic E-state index is -1.44. The Kier molecular flexibility index (Phi) is 5.90. The van der Waals surface area contributed by atoms with E-state index in [-0.39, 0.29) is 23.0 Å². The molecular weight excluding hydrogens is 300 g/mol. The Hall–Kier alpha value is -2.37. The third-order valence-corrected chi connectivity index (χ3v) is 3.45. The molecule has 0 aliphatic carbocycles. The molecule has 0 amide bonds. The topological polar surface area (TPSA) is 112 Å². The monoisotopic (exact) mass is 322 g/mol. The number of rotatable bonds is 7. The second-order valence-corrected chi connectivity index (χ2v) is 6.42. The van der Waals surface area contributed by atoms with Gasteiger partial charge < -0.3 is 15.3 Å². The van der Waals surface area contributed by atoms with Gasteiger partial charge in [-0.05, 0) is 41.9 Å². The lowest BCUT2D eigenvalue weighted by Gasteiger charge is -2.20. The highest BCUT2D eigenvalue weighted by atomic mass is 16.4. The van der Waals surface area contributed by atoms with E-state index in [0.717, 1.165) is 6.07 Å². The van der Waals surface area contributed by atoms with Gasteiger partial charge in [0.25, 0.3) is 0 Å². The number of carboxylic acid groups (broad SMARTS) is 3. The van der Waals surface area contributed by atoms with E-state index in [2.05, 4.69) is 0 Å². The van der Waals surface area contributed by atoms with Crippen LogP contribution in [0, 0.1) is 11.8 Å². The second-order valence-electron chi connectivity index (χ2n) is 6.42. The predicted octanol–water partition coefficient (Wildman–Crippen LogP) is 3.18. The summed E-state index contributed by atoms with van der Waals surface area (Å²) in [5, 5.41) is 28.2. The molecule has 0 radical (unpaired) electrons. The molecule has 0 bridgehead atoms. The Balaban J connectivity index is 3.88. The number of carbonyl (C=O) groups is 3. The molecule has 0 saturated heterocycles. The first-order valence-corrected chi connectivity index (χ1v) is 7.44. The average Bonchev–Trinajstić information content (AvgIpc) is 2.37. The fourth-order valence-corrected chi connectivity index (χ4v) is 2.66. The van der Waals surface area contributed by atoms with Gasteiger partial charge in [-0.3, -0.25) is 0 Å². The zero-order valence-corrected chi connectivity index (χ0v) is 13.7. The van der Waals surface area contributed by atoms with Crippen LogP contribution < -0.4 is 0 Å². The van der Waals surface area contributed by atoms with Crippen LogP contribution in [0.5, 0.6) is 0 Å². The highest BCUT2D eigenvalue weighted by Gasteiger charge is 2.28. The first-order valence-electron chi connectivity index (χ1n) is 7.44. The van der Waals surface area contributed by atoms with Gasteiger partial charge in [0.1, 0.15) is 0 Å². The lowest BCUT2D eigenvalue weighted by Crippen LogP contribution is -2.20. The third kappa shape index (κ3) is 4.31. The zero-order chi connectivity index (χ0) is 17.9. The Morgan fingerprint density at radius 2 is 1.22 bits per heavy atom. The predicted molar refractivity (Wildman–Crippen MR) is 84.4 cm³/mol. The molecule has 6 heteroatoms. The SMILES string of the molecule is CC(C)Cc1c(C(=O)O)cc(C(=O)O)c(C(=O)O)c1CC(C)C. The van der Waals surface area contributed by atoms with Crippen LogP contribution in [0.2, 0.25) is 0 Å². The van der Waals surface area contributed by atoms with E-state index in [0.29, 0.717) is 24.0 Å². The van der Waals surface area contributed by atoms with Crippen LogP contribution in [-0.2, 0) is 12.8 Å². The van der Waals surface area contributed by atoms with E-state index in [1.165, 1.54) is 0 Å². The lowest BCUT2D eigenvalue weighted by atomic mass is 9.83. The molecule has 0 heterocycles. The first-order chi connectivity index (χ1) is 10.6. The second kappa shape index (κ2) is 7.26. The van der Waals surface area contributed by atoms with E-state index < -0.39 is 23.5 Å². The van der Waals surface area contributed by atoms with Crippen molar-refractivity contribution < 1.29 is 29.7 Å². The maximum atomic E-state index is 11.6. The minimum absolute atomic E-state index is 0.0599. The van der Waals surface area contributed by atoms with Crippen LogP contribution in [0.1, 0.15) is 69.9 Å². The van der Waals surface area contributed by atoms with Crippen molar-refractivity contribution in [2.75, 3.05) is 0 Å². The van der Waals surface area contributed by atoms with Gasteiger partial charge in [-0.2, -0.15) is 0 Å². The molecule has 0 aliphatic heterocycles. The molecule has 1 rings (SSSR count). The molecule has 0 spiro atoms. The molecule has 0 aromatic heterocycles. The Morgan fingerprint density at radius 3 is 1.57 bits per heavy atom. The molecule has 1 aromatic carbocycles. The van der Waals surface area contributed by atoms with E-state index >= 15 is 0 Å². The maximum Gasteiger partial charge on any atom is 0.336 e. The highest BCUT2D eigenvalue weighted by molar-refractivity contribution is 6.05. The van der Waals surface area contributed by atoms with Crippen molar-refractivity contribution >= 4 is 17.9 Å². The van der Waals surface area contributed by atoms with Gasteiger partial charge >= 0.3 is 17.9 Å². The van der Waals surface area contributed by atoms with Crippen molar-refractivity contribution in [2.24, 2.45) is 11.8 Å². The number of hydrogen-bond acceptors (Lipinski definition) is 3. The Morgan fingerprint density at radius 1 is 0.783 bits per heavy atom. The summed E-state index contributed by atoms with van der Waals surface area (Å²) in [6.07, 6.45) is 0.689. The molecule has 23 heavy (non-hydrogen) atoms. The maximum absolute atomic E-state index is 11.6. The summed E-state index contributed by atoms with van der Waals surface area (Å²) in [6, 6.07) is 0.968. The minimum Gasteiger partial charge on any atom is -0.478 e. The standard InChI is InChI=1S/C17H22O6/c1-8(2)5-10-11(6-9(3)4)14(17(22)23)13(16(20)21)7-12(10)15(18)19/h7-9H,5-6H2,1-4H3,(H,18,19)(H,20,21)(H,22,23). The molecule has 0 saturated carbocycles. The summed E-state index contributed by atoms with van der Waals surface area (Å²) in [4.78, 5) is 34.6. The van der Waals surface area contributed by atoms with Crippen molar-refractivity contribution in [3.05, 3.63) is 33.9 Å². The molecule has 0 fully saturated rings. The van der Waals surface area contributed by atoms with Crippen LogP contribution in [-0.4, -0.2) is 33.2 Å². The van der Waals surface area contributed by atoms with Crippen LogP contribution >= 0.6 is 0 Å². The summed E-state index contributed by atoms with van der Waals surface area (Å²) in [5.41, 5.74) is -0.163. The van der Waals surface area contributed by atoms with E-state index in [4.69, 9.17) is 0 Å². The van der Waals surface area contributed by atoms with Crippen LogP contribution in [0.15, 0.2) is 6.07 Å². The summed E-state index contributed by atoms with van der Waals surface area (Å²) >= 11 is 0. The summed E-state index contributed by atoms with van der Waals surface area (Å²) in [6.45, 7) is 7.55. The summed E-state index contributed by atoms with van der Waals surface area (Å²) in [5.74, 6) is -3.86. The largest absolute Gasteiger partial charge is 0.478 e. The quantitative estimate of drug-likeness (QED) is 0.711. The van der Waals surface area contributed by atoms with Gasteiger partial charge in [0.05, 0.1) is 16.7 Å². The van der Waals surface area contributed by atoms with Crippen molar-refractivity contribution in [2.45, 2.75) is 40.5 Å². The van der Waals surface area contributed by atoms with Crippen molar-refractivity contribution in [1.82, 2.24) is 0 Å². The zero-order valence-electron chi connectivity index (χ0n) is 13.7. The third-order valence-electron chi connectivity index (χ3n) is 3.45. The van der Waals surface area contributed by atoms with Gasteiger partial charge in [-0.1, -0.05) is 27.7 Å². The molecule has 0 atom stereocenters. The molecule has 126 valence electrons. The summed E-state index contributed by atoms with van der Waals surface area (Å²) in [7, 11) is 0. The summed E-state index contributed by atoms with van der Waals surface area (Å²) < 4.78 is 0. The van der Waals surface area contributed by atoms with E-state index in [9.17, 15) is 29.7 Å². The van der Waals surface area contributed by atoms with Crippen LogP contribution in [0.4, 0.5) is 0 Å². The molecule has 0 unspecified atom stereocenters. The number of aromatic carboxylic acids is 3. The van der Waals surface area contributed by atoms with Gasteiger partial charge in [0.15, 0.2) is 0 Å². The average molecular weight is 322 g/mol. The van der Waals surface area contributed by atoms with E-state index in [1.807, 2.05) is 27.7 Å². The molecule has 3 N–H and O–H groups in total.